The first-order chi connectivity index (χ1) is 6.93. The quantitative estimate of drug-likeness (QED) is 0.700. The number of hydrogen-bond donors (Lipinski definition) is 0. The molecule has 0 saturated carbocycles. The van der Waals surface area contributed by atoms with Gasteiger partial charge in [0, 0.05) is 5.56 Å². The van der Waals surface area contributed by atoms with Crippen molar-refractivity contribution in [1.82, 2.24) is 0 Å². The fourth-order valence-electron chi connectivity index (χ4n) is 1.61. The van der Waals surface area contributed by atoms with E-state index in [2.05, 4.69) is 33.8 Å². The number of halogens is 1. The lowest BCUT2D eigenvalue weighted by Crippen LogP contribution is -2.01. The fraction of sp³-hybridized carbons (Fsp3) is 0.462. The third-order valence-corrected chi connectivity index (χ3v) is 2.78. The molecule has 0 aliphatic heterocycles. The van der Waals surface area contributed by atoms with Crippen molar-refractivity contribution in [2.75, 3.05) is 0 Å². The lowest BCUT2D eigenvalue weighted by molar-refractivity contribution is 0.108. The summed E-state index contributed by atoms with van der Waals surface area (Å²) in [5.74, 6) is 0.741. The first-order valence-electron chi connectivity index (χ1n) is 5.27. The molecule has 0 aliphatic carbocycles. The molecule has 1 aromatic rings. The van der Waals surface area contributed by atoms with Gasteiger partial charge in [0.15, 0.2) is 0 Å². The van der Waals surface area contributed by atoms with Gasteiger partial charge >= 0.3 is 0 Å². The van der Waals surface area contributed by atoms with E-state index in [0.717, 1.165) is 11.1 Å². The van der Waals surface area contributed by atoms with Crippen LogP contribution in [0, 0.1) is 0 Å². The van der Waals surface area contributed by atoms with Gasteiger partial charge in [-0.3, -0.25) is 4.79 Å². The normalized spacial score (nSPS) is 11.1. The van der Waals surface area contributed by atoms with E-state index in [4.69, 9.17) is 11.6 Å². The van der Waals surface area contributed by atoms with Crippen molar-refractivity contribution in [2.45, 2.75) is 39.5 Å². The molecule has 0 heterocycles. The zero-order valence-electron chi connectivity index (χ0n) is 9.67. The summed E-state index contributed by atoms with van der Waals surface area (Å²) in [4.78, 5) is 11.3. The van der Waals surface area contributed by atoms with Crippen molar-refractivity contribution in [3.63, 3.8) is 0 Å². The van der Waals surface area contributed by atoms with E-state index in [0.29, 0.717) is 17.4 Å². The Bertz CT molecular complexity index is 367. The zero-order chi connectivity index (χ0) is 11.6. The van der Waals surface area contributed by atoms with Gasteiger partial charge in [-0.05, 0) is 40.6 Å². The number of benzene rings is 1. The van der Waals surface area contributed by atoms with Gasteiger partial charge in [0.05, 0.1) is 0 Å². The Labute approximate surface area is 96.5 Å². The van der Waals surface area contributed by atoms with E-state index < -0.39 is 0 Å². The first-order valence-corrected chi connectivity index (χ1v) is 5.65. The van der Waals surface area contributed by atoms with E-state index in [9.17, 15) is 4.79 Å². The smallest absolute Gasteiger partial charge is 0.252 e. The summed E-state index contributed by atoms with van der Waals surface area (Å²) < 4.78 is 0. The van der Waals surface area contributed by atoms with Crippen molar-refractivity contribution in [1.29, 1.82) is 0 Å². The van der Waals surface area contributed by atoms with Crippen LogP contribution >= 0.6 is 11.6 Å². The second-order valence-electron chi connectivity index (χ2n) is 4.43. The molecule has 15 heavy (non-hydrogen) atoms. The molecule has 0 aliphatic rings. The lowest BCUT2D eigenvalue weighted by Gasteiger charge is -2.13. The summed E-state index contributed by atoms with van der Waals surface area (Å²) in [6, 6.07) is 5.99. The van der Waals surface area contributed by atoms with Crippen LogP contribution in [0.15, 0.2) is 18.2 Å². The summed E-state index contributed by atoms with van der Waals surface area (Å²) in [5.41, 5.74) is 2.83. The van der Waals surface area contributed by atoms with Gasteiger partial charge in [-0.15, -0.1) is 0 Å². The Hall–Kier alpha value is -0.820. The van der Waals surface area contributed by atoms with Gasteiger partial charge in [0.1, 0.15) is 0 Å². The van der Waals surface area contributed by atoms with E-state index in [1.54, 1.807) is 0 Å². The average molecular weight is 225 g/mol. The van der Waals surface area contributed by atoms with Crippen LogP contribution in [-0.4, -0.2) is 5.24 Å². The lowest BCUT2D eigenvalue weighted by atomic mass is 9.92. The van der Waals surface area contributed by atoms with Crippen molar-refractivity contribution in [3.05, 3.63) is 34.9 Å². The number of rotatable bonds is 3. The molecule has 0 aromatic heterocycles. The zero-order valence-corrected chi connectivity index (χ0v) is 10.4. The highest BCUT2D eigenvalue weighted by Crippen LogP contribution is 2.25. The molecule has 2 heteroatoms. The highest BCUT2D eigenvalue weighted by atomic mass is 35.5. The molecule has 0 saturated heterocycles. The molecule has 1 rings (SSSR count). The van der Waals surface area contributed by atoms with Crippen molar-refractivity contribution in [3.8, 4) is 0 Å². The minimum atomic E-state index is -0.360. The van der Waals surface area contributed by atoms with E-state index in [1.165, 1.54) is 0 Å². The van der Waals surface area contributed by atoms with Crippen LogP contribution in [0.5, 0.6) is 0 Å². The van der Waals surface area contributed by atoms with Gasteiger partial charge in [-0.1, -0.05) is 39.8 Å². The second kappa shape index (κ2) is 4.80. The van der Waals surface area contributed by atoms with Crippen LogP contribution in [0.2, 0.25) is 0 Å². The molecule has 1 aromatic carbocycles. The molecule has 0 fully saturated rings. The summed E-state index contributed by atoms with van der Waals surface area (Å²) in [7, 11) is 0. The molecule has 0 spiro atoms. The highest BCUT2D eigenvalue weighted by molar-refractivity contribution is 6.67. The number of carbonyl (C=O) groups excluding carboxylic acids is 1. The highest BCUT2D eigenvalue weighted by Gasteiger charge is 2.13. The van der Waals surface area contributed by atoms with Gasteiger partial charge in [-0.2, -0.15) is 0 Å². The predicted molar refractivity (Wildman–Crippen MR) is 64.8 cm³/mol. The van der Waals surface area contributed by atoms with Crippen molar-refractivity contribution in [2.24, 2.45) is 0 Å². The molecule has 0 N–H and O–H groups in total. The van der Waals surface area contributed by atoms with Crippen LogP contribution in [0.25, 0.3) is 0 Å². The maximum atomic E-state index is 11.3. The molecule has 0 radical (unpaired) electrons. The predicted octanol–water partition coefficient (Wildman–Crippen LogP) is 4.31. The Morgan fingerprint density at radius 1 is 1.13 bits per heavy atom. The number of hydrogen-bond acceptors (Lipinski definition) is 1. The molecule has 0 unspecified atom stereocenters. The minimum Gasteiger partial charge on any atom is -0.276 e. The third kappa shape index (κ3) is 2.82. The molecule has 82 valence electrons. The second-order valence-corrected chi connectivity index (χ2v) is 4.77. The molecule has 0 amide bonds. The third-order valence-electron chi connectivity index (χ3n) is 2.58. The maximum Gasteiger partial charge on any atom is 0.252 e. The summed E-state index contributed by atoms with van der Waals surface area (Å²) >= 11 is 5.59. The van der Waals surface area contributed by atoms with Crippen molar-refractivity contribution < 1.29 is 4.79 Å². The molecular weight excluding hydrogens is 208 g/mol. The van der Waals surface area contributed by atoms with Gasteiger partial charge in [0.2, 0.25) is 0 Å². The van der Waals surface area contributed by atoms with Crippen LogP contribution in [0.1, 0.15) is 61.0 Å². The van der Waals surface area contributed by atoms with Crippen LogP contribution < -0.4 is 0 Å². The number of carbonyl (C=O) groups is 1. The van der Waals surface area contributed by atoms with Crippen LogP contribution in [0.3, 0.4) is 0 Å². The Kier molecular flexibility index (Phi) is 3.92. The van der Waals surface area contributed by atoms with E-state index in [1.807, 2.05) is 12.1 Å². The largest absolute Gasteiger partial charge is 0.276 e. The summed E-state index contributed by atoms with van der Waals surface area (Å²) in [6.07, 6.45) is 0. The Balaban J connectivity index is 3.27. The van der Waals surface area contributed by atoms with Crippen LogP contribution in [-0.2, 0) is 0 Å². The summed E-state index contributed by atoms with van der Waals surface area (Å²) in [5, 5.41) is -0.360. The minimum absolute atomic E-state index is 0.323. The van der Waals surface area contributed by atoms with Crippen molar-refractivity contribution >= 4 is 16.8 Å². The standard InChI is InChI=1S/C13H17ClO/c1-8(2)10-5-6-11(9(3)4)12(7-10)13(14)15/h5-9H,1-4H3. The van der Waals surface area contributed by atoms with Gasteiger partial charge in [-0.25, -0.2) is 0 Å². The Morgan fingerprint density at radius 2 is 1.73 bits per heavy atom. The monoisotopic (exact) mass is 224 g/mol. The first kappa shape index (κ1) is 12.3. The fourth-order valence-corrected chi connectivity index (χ4v) is 1.77. The van der Waals surface area contributed by atoms with Gasteiger partial charge < -0.3 is 0 Å². The topological polar surface area (TPSA) is 17.1 Å². The molecule has 0 bridgehead atoms. The van der Waals surface area contributed by atoms with Crippen LogP contribution in [0.4, 0.5) is 0 Å². The molecular formula is C13H17ClO. The van der Waals surface area contributed by atoms with E-state index >= 15 is 0 Å². The molecule has 0 atom stereocenters. The average Bonchev–Trinajstić information content (AvgIpc) is 2.16. The van der Waals surface area contributed by atoms with E-state index in [-0.39, 0.29) is 5.24 Å². The molecule has 1 nitrogen and oxygen atoms in total. The Morgan fingerprint density at radius 3 is 2.13 bits per heavy atom. The maximum absolute atomic E-state index is 11.3. The summed E-state index contributed by atoms with van der Waals surface area (Å²) in [6.45, 7) is 8.33. The SMILES string of the molecule is CC(C)c1ccc(C(C)C)c(C(=O)Cl)c1. The van der Waals surface area contributed by atoms with Gasteiger partial charge in [0.25, 0.3) is 5.24 Å².